The van der Waals surface area contributed by atoms with Gasteiger partial charge >= 0.3 is 0 Å². The quantitative estimate of drug-likeness (QED) is 0.227. The molecule has 6 nitrogen and oxygen atoms in total. The number of carboxylic acid groups (broad SMARTS) is 1. The number of rotatable bonds is 18. The van der Waals surface area contributed by atoms with Crippen LogP contribution in [0.1, 0.15) is 124 Å². The fraction of sp³-hybridized carbons (Fsp3) is 0.926. The molecule has 1 fully saturated rings. The average molecular weight is 471 g/mol. The predicted octanol–water partition coefficient (Wildman–Crippen LogP) is 6.38. The summed E-state index contributed by atoms with van der Waals surface area (Å²) in [4.78, 5) is 23.5. The Bertz CT molecular complexity index is 465. The van der Waals surface area contributed by atoms with Crippen molar-refractivity contribution in [1.29, 1.82) is 0 Å². The second-order valence-electron chi connectivity index (χ2n) is 9.89. The van der Waals surface area contributed by atoms with Crippen molar-refractivity contribution >= 4 is 11.9 Å². The lowest BCUT2D eigenvalue weighted by atomic mass is 10.0. The summed E-state index contributed by atoms with van der Waals surface area (Å²) in [6.07, 6.45) is 19.3. The standard InChI is InChI=1S/C25H50N2O2.C2H4O2/c1-4-19-27-20-21-29-22-24(27)26-25(28)18-16-14-12-10-8-6-5-7-9-11-13-15-17-23(2)3;1-2(3)4/h23-24H,4-22H2,1-3H3,(H,26,28);1H3,(H,3,4). The van der Waals surface area contributed by atoms with E-state index in [1.165, 1.54) is 77.0 Å². The molecule has 0 aromatic heterocycles. The number of aliphatic carboxylic acids is 1. The van der Waals surface area contributed by atoms with Gasteiger partial charge in [-0.3, -0.25) is 14.5 Å². The third-order valence-electron chi connectivity index (χ3n) is 6.01. The molecule has 6 heteroatoms. The lowest BCUT2D eigenvalue weighted by molar-refractivity contribution is -0.134. The maximum Gasteiger partial charge on any atom is 0.300 e. The highest BCUT2D eigenvalue weighted by Crippen LogP contribution is 2.14. The number of hydrogen-bond acceptors (Lipinski definition) is 4. The summed E-state index contributed by atoms with van der Waals surface area (Å²) in [6.45, 7) is 11.3. The van der Waals surface area contributed by atoms with Crippen LogP contribution >= 0.6 is 0 Å². The topological polar surface area (TPSA) is 78.9 Å². The summed E-state index contributed by atoms with van der Waals surface area (Å²) < 4.78 is 5.53. The summed E-state index contributed by atoms with van der Waals surface area (Å²) in [5.74, 6) is 0.224. The monoisotopic (exact) mass is 470 g/mol. The van der Waals surface area contributed by atoms with Crippen LogP contribution in [0, 0.1) is 5.92 Å². The smallest absolute Gasteiger partial charge is 0.300 e. The van der Waals surface area contributed by atoms with Crippen molar-refractivity contribution in [2.45, 2.75) is 130 Å². The summed E-state index contributed by atoms with van der Waals surface area (Å²) in [5.41, 5.74) is 0. The predicted molar refractivity (Wildman–Crippen MR) is 137 cm³/mol. The number of carbonyl (C=O) groups excluding carboxylic acids is 1. The van der Waals surface area contributed by atoms with Crippen LogP contribution in [0.25, 0.3) is 0 Å². The van der Waals surface area contributed by atoms with E-state index in [2.05, 4.69) is 31.0 Å². The molecule has 0 aliphatic carbocycles. The lowest BCUT2D eigenvalue weighted by Gasteiger charge is -2.35. The third-order valence-corrected chi connectivity index (χ3v) is 6.01. The maximum absolute atomic E-state index is 12.2. The Morgan fingerprint density at radius 3 is 1.91 bits per heavy atom. The number of unbranched alkanes of at least 4 members (excludes halogenated alkanes) is 11. The second kappa shape index (κ2) is 22.6. The first-order chi connectivity index (χ1) is 15.9. The molecule has 0 saturated carbocycles. The Morgan fingerprint density at radius 2 is 1.42 bits per heavy atom. The largest absolute Gasteiger partial charge is 0.481 e. The van der Waals surface area contributed by atoms with Gasteiger partial charge in [0.2, 0.25) is 5.91 Å². The second-order valence-corrected chi connectivity index (χ2v) is 9.89. The number of ether oxygens (including phenoxy) is 1. The minimum absolute atomic E-state index is 0.0754. The van der Waals surface area contributed by atoms with Crippen molar-refractivity contribution in [1.82, 2.24) is 10.2 Å². The summed E-state index contributed by atoms with van der Waals surface area (Å²) in [5, 5.41) is 10.6. The summed E-state index contributed by atoms with van der Waals surface area (Å²) in [7, 11) is 0. The van der Waals surface area contributed by atoms with Crippen LogP contribution in [0.5, 0.6) is 0 Å². The minimum atomic E-state index is -0.833. The van der Waals surface area contributed by atoms with Crippen molar-refractivity contribution in [3.63, 3.8) is 0 Å². The number of morpholine rings is 1. The maximum atomic E-state index is 12.2. The molecule has 1 rings (SSSR count). The van der Waals surface area contributed by atoms with Crippen LogP contribution in [-0.4, -0.2) is 54.4 Å². The van der Waals surface area contributed by atoms with Gasteiger partial charge < -0.3 is 15.2 Å². The number of amides is 1. The van der Waals surface area contributed by atoms with E-state index in [4.69, 9.17) is 14.6 Å². The number of carboxylic acids is 1. The zero-order valence-electron chi connectivity index (χ0n) is 22.2. The number of carbonyl (C=O) groups is 2. The van der Waals surface area contributed by atoms with Gasteiger partial charge in [-0.25, -0.2) is 0 Å². The first-order valence-electron chi connectivity index (χ1n) is 13.7. The molecule has 0 spiro atoms. The normalized spacial score (nSPS) is 16.3. The van der Waals surface area contributed by atoms with E-state index in [9.17, 15) is 4.79 Å². The fourth-order valence-electron chi connectivity index (χ4n) is 4.19. The van der Waals surface area contributed by atoms with Crippen molar-refractivity contribution in [2.24, 2.45) is 5.92 Å². The third kappa shape index (κ3) is 22.4. The van der Waals surface area contributed by atoms with Crippen LogP contribution in [0.4, 0.5) is 0 Å². The molecule has 0 aromatic carbocycles. The van der Waals surface area contributed by atoms with E-state index in [-0.39, 0.29) is 12.1 Å². The number of nitrogens with one attached hydrogen (secondary N) is 1. The van der Waals surface area contributed by atoms with Crippen LogP contribution in [0.15, 0.2) is 0 Å². The molecule has 1 atom stereocenters. The van der Waals surface area contributed by atoms with Gasteiger partial charge in [0, 0.05) is 19.9 Å². The molecule has 33 heavy (non-hydrogen) atoms. The molecular formula is C27H54N2O4. The highest BCUT2D eigenvalue weighted by Gasteiger charge is 2.23. The average Bonchev–Trinajstić information content (AvgIpc) is 2.75. The first kappa shape index (κ1) is 31.9. The fourth-order valence-corrected chi connectivity index (χ4v) is 4.19. The Balaban J connectivity index is 0.00000235. The zero-order valence-corrected chi connectivity index (χ0v) is 22.2. The molecule has 1 aliphatic rings. The SMILES string of the molecule is CC(=O)O.CCCN1CCOCC1NC(=O)CCCCCCCCCCCCCCC(C)C. The Morgan fingerprint density at radius 1 is 0.939 bits per heavy atom. The molecule has 1 amide bonds. The van der Waals surface area contributed by atoms with Crippen molar-refractivity contribution in [3.05, 3.63) is 0 Å². The van der Waals surface area contributed by atoms with E-state index >= 15 is 0 Å². The molecular weight excluding hydrogens is 416 g/mol. The van der Waals surface area contributed by atoms with Crippen LogP contribution in [0.3, 0.4) is 0 Å². The van der Waals surface area contributed by atoms with Gasteiger partial charge in [-0.15, -0.1) is 0 Å². The molecule has 1 unspecified atom stereocenters. The van der Waals surface area contributed by atoms with Gasteiger partial charge in [-0.1, -0.05) is 97.8 Å². The van der Waals surface area contributed by atoms with E-state index in [0.717, 1.165) is 45.4 Å². The Hall–Kier alpha value is -1.14. The van der Waals surface area contributed by atoms with Crippen molar-refractivity contribution in [2.75, 3.05) is 26.3 Å². The summed E-state index contributed by atoms with van der Waals surface area (Å²) in [6, 6.07) is 0. The molecule has 2 N–H and O–H groups in total. The number of nitrogens with zero attached hydrogens (tertiary/aromatic N) is 1. The molecule has 196 valence electrons. The van der Waals surface area contributed by atoms with Gasteiger partial charge in [0.1, 0.15) is 6.17 Å². The van der Waals surface area contributed by atoms with Gasteiger partial charge in [0.15, 0.2) is 0 Å². The minimum Gasteiger partial charge on any atom is -0.481 e. The highest BCUT2D eigenvalue weighted by molar-refractivity contribution is 5.76. The van der Waals surface area contributed by atoms with Gasteiger partial charge in [-0.05, 0) is 25.3 Å². The molecule has 0 radical (unpaired) electrons. The van der Waals surface area contributed by atoms with Crippen LogP contribution in [-0.2, 0) is 14.3 Å². The zero-order chi connectivity index (χ0) is 24.7. The first-order valence-corrected chi connectivity index (χ1v) is 13.7. The Labute approximate surface area is 204 Å². The van der Waals surface area contributed by atoms with E-state index < -0.39 is 5.97 Å². The van der Waals surface area contributed by atoms with E-state index in [1.807, 2.05) is 0 Å². The van der Waals surface area contributed by atoms with Gasteiger partial charge in [-0.2, -0.15) is 0 Å². The van der Waals surface area contributed by atoms with Gasteiger partial charge in [0.05, 0.1) is 13.2 Å². The van der Waals surface area contributed by atoms with E-state index in [1.54, 1.807) is 0 Å². The summed E-state index contributed by atoms with van der Waals surface area (Å²) >= 11 is 0. The number of hydrogen-bond donors (Lipinski definition) is 2. The van der Waals surface area contributed by atoms with Crippen molar-refractivity contribution < 1.29 is 19.4 Å². The molecule has 1 saturated heterocycles. The molecule has 0 bridgehead atoms. The van der Waals surface area contributed by atoms with Gasteiger partial charge in [0.25, 0.3) is 5.97 Å². The molecule has 1 aliphatic heterocycles. The van der Waals surface area contributed by atoms with Crippen molar-refractivity contribution in [3.8, 4) is 0 Å². The van der Waals surface area contributed by atoms with Crippen LogP contribution in [0.2, 0.25) is 0 Å². The van der Waals surface area contributed by atoms with E-state index in [0.29, 0.717) is 13.0 Å². The molecule has 0 aromatic rings. The Kier molecular flexibility index (Phi) is 21.9. The lowest BCUT2D eigenvalue weighted by Crippen LogP contribution is -2.55. The molecule has 1 heterocycles. The highest BCUT2D eigenvalue weighted by atomic mass is 16.5. The van der Waals surface area contributed by atoms with Crippen LogP contribution < -0.4 is 5.32 Å².